The lowest BCUT2D eigenvalue weighted by atomic mass is 9.87. The van der Waals surface area contributed by atoms with Crippen molar-refractivity contribution in [2.75, 3.05) is 6.54 Å². The molecule has 2 aliphatic rings. The molecule has 0 aliphatic heterocycles. The molecule has 0 bridgehead atoms. The Kier molecular flexibility index (Phi) is 3.42. The fraction of sp³-hybridized carbons (Fsp3) is 0.526. The van der Waals surface area contributed by atoms with Gasteiger partial charge in [-0.1, -0.05) is 31.2 Å². The van der Waals surface area contributed by atoms with Crippen LogP contribution in [-0.2, 0) is 0 Å². The predicted molar refractivity (Wildman–Crippen MR) is 87.1 cm³/mol. The molecule has 1 N–H and O–H groups in total. The highest BCUT2D eigenvalue weighted by atomic mass is 14.9. The van der Waals surface area contributed by atoms with Gasteiger partial charge in [0.15, 0.2) is 0 Å². The topological polar surface area (TPSA) is 24.9 Å². The summed E-state index contributed by atoms with van der Waals surface area (Å²) in [6.07, 6.45) is 9.59. The second-order valence-corrected chi connectivity index (χ2v) is 6.87. The SMILES string of the molecule is CCCNC(c1cncc2ccccc12)C1CC2CC2C1. The van der Waals surface area contributed by atoms with E-state index in [0.29, 0.717) is 6.04 Å². The van der Waals surface area contributed by atoms with Crippen LogP contribution in [0.5, 0.6) is 0 Å². The van der Waals surface area contributed by atoms with Gasteiger partial charge in [-0.3, -0.25) is 4.98 Å². The summed E-state index contributed by atoms with van der Waals surface area (Å²) >= 11 is 0. The largest absolute Gasteiger partial charge is 0.310 e. The van der Waals surface area contributed by atoms with E-state index in [1.165, 1.54) is 42.0 Å². The Labute approximate surface area is 127 Å². The summed E-state index contributed by atoms with van der Waals surface area (Å²) in [5, 5.41) is 6.46. The molecule has 4 rings (SSSR count). The molecule has 2 nitrogen and oxygen atoms in total. The van der Waals surface area contributed by atoms with Gasteiger partial charge in [0.2, 0.25) is 0 Å². The van der Waals surface area contributed by atoms with Crippen LogP contribution in [-0.4, -0.2) is 11.5 Å². The molecule has 21 heavy (non-hydrogen) atoms. The summed E-state index contributed by atoms with van der Waals surface area (Å²) in [6, 6.07) is 9.16. The molecular formula is C19H24N2. The van der Waals surface area contributed by atoms with Gasteiger partial charge in [-0.25, -0.2) is 0 Å². The van der Waals surface area contributed by atoms with Crippen molar-refractivity contribution in [3.05, 3.63) is 42.2 Å². The normalized spacial score (nSPS) is 28.5. The number of pyridine rings is 1. The summed E-state index contributed by atoms with van der Waals surface area (Å²) in [5.74, 6) is 2.86. The van der Waals surface area contributed by atoms with Gasteiger partial charge in [0, 0.05) is 23.8 Å². The van der Waals surface area contributed by atoms with Crippen molar-refractivity contribution in [2.24, 2.45) is 17.8 Å². The molecule has 0 saturated heterocycles. The summed E-state index contributed by atoms with van der Waals surface area (Å²) in [4.78, 5) is 4.50. The van der Waals surface area contributed by atoms with Gasteiger partial charge in [0.25, 0.3) is 0 Å². The van der Waals surface area contributed by atoms with Crippen molar-refractivity contribution >= 4 is 10.8 Å². The Hall–Kier alpha value is -1.41. The average molecular weight is 280 g/mol. The van der Waals surface area contributed by atoms with Crippen LogP contribution in [0.3, 0.4) is 0 Å². The molecule has 0 spiro atoms. The van der Waals surface area contributed by atoms with Crippen LogP contribution in [0.4, 0.5) is 0 Å². The van der Waals surface area contributed by atoms with Crippen molar-refractivity contribution in [1.82, 2.24) is 10.3 Å². The summed E-state index contributed by atoms with van der Waals surface area (Å²) in [5.41, 5.74) is 1.41. The van der Waals surface area contributed by atoms with Crippen molar-refractivity contribution in [3.8, 4) is 0 Å². The minimum atomic E-state index is 0.483. The first-order chi connectivity index (χ1) is 10.4. The molecule has 1 aromatic heterocycles. The van der Waals surface area contributed by atoms with E-state index in [2.05, 4.69) is 47.7 Å². The number of aromatic nitrogens is 1. The second kappa shape index (κ2) is 5.42. The van der Waals surface area contributed by atoms with Crippen LogP contribution in [0.1, 0.15) is 44.2 Å². The lowest BCUT2D eigenvalue weighted by Gasteiger charge is -2.27. The standard InChI is InChI=1S/C19H24N2/c1-2-7-21-19(16-9-14-8-15(14)10-16)18-12-20-11-13-5-3-4-6-17(13)18/h3-6,11-12,14-16,19,21H,2,7-10H2,1H3. The van der Waals surface area contributed by atoms with Crippen molar-refractivity contribution < 1.29 is 0 Å². The molecule has 2 saturated carbocycles. The number of rotatable bonds is 5. The molecule has 0 amide bonds. The third-order valence-electron chi connectivity index (χ3n) is 5.40. The average Bonchev–Trinajstić information content (AvgIpc) is 3.14. The van der Waals surface area contributed by atoms with Crippen molar-refractivity contribution in [3.63, 3.8) is 0 Å². The molecule has 2 aromatic rings. The molecule has 1 heterocycles. The van der Waals surface area contributed by atoms with Crippen LogP contribution in [0.25, 0.3) is 10.8 Å². The number of nitrogens with one attached hydrogen (secondary N) is 1. The van der Waals surface area contributed by atoms with Crippen LogP contribution in [0, 0.1) is 17.8 Å². The highest BCUT2D eigenvalue weighted by Gasteiger charge is 2.48. The first kappa shape index (κ1) is 13.3. The number of nitrogens with zero attached hydrogens (tertiary/aromatic N) is 1. The Morgan fingerprint density at radius 2 is 1.95 bits per heavy atom. The third kappa shape index (κ3) is 2.46. The monoisotopic (exact) mass is 280 g/mol. The van der Waals surface area contributed by atoms with Crippen molar-refractivity contribution in [2.45, 2.75) is 38.6 Å². The van der Waals surface area contributed by atoms with Gasteiger partial charge in [0.05, 0.1) is 0 Å². The van der Waals surface area contributed by atoms with E-state index in [1.807, 2.05) is 6.20 Å². The zero-order valence-electron chi connectivity index (χ0n) is 12.8. The van der Waals surface area contributed by atoms with Gasteiger partial charge in [0.1, 0.15) is 0 Å². The van der Waals surface area contributed by atoms with E-state index in [9.17, 15) is 0 Å². The van der Waals surface area contributed by atoms with E-state index in [0.717, 1.165) is 24.3 Å². The van der Waals surface area contributed by atoms with E-state index >= 15 is 0 Å². The summed E-state index contributed by atoms with van der Waals surface area (Å²) in [6.45, 7) is 3.34. The first-order valence-electron chi connectivity index (χ1n) is 8.43. The maximum Gasteiger partial charge on any atom is 0.0370 e. The van der Waals surface area contributed by atoms with E-state index in [1.54, 1.807) is 0 Å². The smallest absolute Gasteiger partial charge is 0.0370 e. The summed E-state index contributed by atoms with van der Waals surface area (Å²) < 4.78 is 0. The van der Waals surface area contributed by atoms with Crippen LogP contribution < -0.4 is 5.32 Å². The molecule has 2 aliphatic carbocycles. The molecule has 3 atom stereocenters. The van der Waals surface area contributed by atoms with Crippen LogP contribution >= 0.6 is 0 Å². The van der Waals surface area contributed by atoms with E-state index < -0.39 is 0 Å². The number of benzene rings is 1. The molecule has 0 radical (unpaired) electrons. The lowest BCUT2D eigenvalue weighted by Crippen LogP contribution is -2.29. The highest BCUT2D eigenvalue weighted by molar-refractivity contribution is 5.85. The van der Waals surface area contributed by atoms with Crippen LogP contribution in [0.2, 0.25) is 0 Å². The first-order valence-corrected chi connectivity index (χ1v) is 8.43. The summed E-state index contributed by atoms with van der Waals surface area (Å²) in [7, 11) is 0. The van der Waals surface area contributed by atoms with Gasteiger partial charge in [-0.05, 0) is 60.9 Å². The van der Waals surface area contributed by atoms with Crippen LogP contribution in [0.15, 0.2) is 36.7 Å². The molecule has 1 aromatic carbocycles. The number of hydrogen-bond donors (Lipinski definition) is 1. The third-order valence-corrected chi connectivity index (χ3v) is 5.40. The quantitative estimate of drug-likeness (QED) is 0.882. The molecule has 110 valence electrons. The zero-order valence-corrected chi connectivity index (χ0v) is 12.8. The van der Waals surface area contributed by atoms with Crippen molar-refractivity contribution in [1.29, 1.82) is 0 Å². The van der Waals surface area contributed by atoms with E-state index in [-0.39, 0.29) is 0 Å². The molecule has 2 fully saturated rings. The zero-order chi connectivity index (χ0) is 14.2. The Morgan fingerprint density at radius 3 is 2.76 bits per heavy atom. The predicted octanol–water partition coefficient (Wildman–Crippen LogP) is 4.32. The number of fused-ring (bicyclic) bond motifs is 2. The van der Waals surface area contributed by atoms with Gasteiger partial charge < -0.3 is 5.32 Å². The number of hydrogen-bond acceptors (Lipinski definition) is 2. The molecule has 3 unspecified atom stereocenters. The van der Waals surface area contributed by atoms with Gasteiger partial charge >= 0.3 is 0 Å². The molecular weight excluding hydrogens is 256 g/mol. The highest BCUT2D eigenvalue weighted by Crippen LogP contribution is 2.57. The Bertz CT molecular complexity index is 621. The minimum absolute atomic E-state index is 0.483. The van der Waals surface area contributed by atoms with Gasteiger partial charge in [-0.15, -0.1) is 0 Å². The fourth-order valence-corrected chi connectivity index (χ4v) is 4.25. The Morgan fingerprint density at radius 1 is 1.14 bits per heavy atom. The molecule has 2 heteroatoms. The van der Waals surface area contributed by atoms with E-state index in [4.69, 9.17) is 0 Å². The Balaban J connectivity index is 1.70. The van der Waals surface area contributed by atoms with Gasteiger partial charge in [-0.2, -0.15) is 0 Å². The minimum Gasteiger partial charge on any atom is -0.310 e. The maximum absolute atomic E-state index is 4.50. The fourth-order valence-electron chi connectivity index (χ4n) is 4.25. The second-order valence-electron chi connectivity index (χ2n) is 6.87. The maximum atomic E-state index is 4.50. The lowest BCUT2D eigenvalue weighted by molar-refractivity contribution is 0.343.